The predicted molar refractivity (Wildman–Crippen MR) is 119 cm³/mol. The number of rotatable bonds is 7. The SMILES string of the molecule is CN=C(NCc1cccc(OC)c1OC)NC(C)c1cccc(N2CCCC2)c1. The Morgan fingerprint density at radius 3 is 2.55 bits per heavy atom. The Morgan fingerprint density at radius 2 is 1.86 bits per heavy atom. The molecule has 0 saturated carbocycles. The Kier molecular flexibility index (Phi) is 7.22. The second-order valence-electron chi connectivity index (χ2n) is 7.23. The van der Waals surface area contributed by atoms with E-state index in [-0.39, 0.29) is 6.04 Å². The van der Waals surface area contributed by atoms with Crippen LogP contribution in [0, 0.1) is 0 Å². The summed E-state index contributed by atoms with van der Waals surface area (Å²) in [5.74, 6) is 2.21. The van der Waals surface area contributed by atoms with Crippen LogP contribution in [0.4, 0.5) is 5.69 Å². The van der Waals surface area contributed by atoms with E-state index in [2.05, 4.69) is 51.7 Å². The van der Waals surface area contributed by atoms with Crippen LogP contribution in [0.1, 0.15) is 36.9 Å². The van der Waals surface area contributed by atoms with Gasteiger partial charge in [-0.25, -0.2) is 0 Å². The van der Waals surface area contributed by atoms with Crippen LogP contribution in [-0.2, 0) is 6.54 Å². The fraction of sp³-hybridized carbons (Fsp3) is 0.435. The molecule has 29 heavy (non-hydrogen) atoms. The molecule has 6 heteroatoms. The number of hydrogen-bond acceptors (Lipinski definition) is 4. The van der Waals surface area contributed by atoms with Gasteiger partial charge in [-0.1, -0.05) is 24.3 Å². The highest BCUT2D eigenvalue weighted by Crippen LogP contribution is 2.30. The van der Waals surface area contributed by atoms with Crippen LogP contribution in [0.3, 0.4) is 0 Å². The molecule has 0 aromatic heterocycles. The van der Waals surface area contributed by atoms with Crippen LogP contribution in [-0.4, -0.2) is 40.3 Å². The number of benzene rings is 2. The lowest BCUT2D eigenvalue weighted by Gasteiger charge is -2.22. The Labute approximate surface area is 173 Å². The molecule has 2 aromatic rings. The Bertz CT molecular complexity index is 831. The minimum Gasteiger partial charge on any atom is -0.493 e. The maximum absolute atomic E-state index is 5.52. The van der Waals surface area contributed by atoms with E-state index in [0.717, 1.165) is 36.1 Å². The largest absolute Gasteiger partial charge is 0.493 e. The Balaban J connectivity index is 1.64. The summed E-state index contributed by atoms with van der Waals surface area (Å²) in [5, 5.41) is 6.86. The molecule has 1 unspecified atom stereocenters. The molecule has 0 bridgehead atoms. The molecule has 2 aromatic carbocycles. The van der Waals surface area contributed by atoms with Crippen molar-refractivity contribution in [2.75, 3.05) is 39.3 Å². The van der Waals surface area contributed by atoms with Crippen molar-refractivity contribution in [3.05, 3.63) is 53.6 Å². The van der Waals surface area contributed by atoms with Crippen molar-refractivity contribution in [3.8, 4) is 11.5 Å². The number of para-hydroxylation sites is 1. The number of aliphatic imine (C=N–C) groups is 1. The lowest BCUT2D eigenvalue weighted by molar-refractivity contribution is 0.351. The topological polar surface area (TPSA) is 58.1 Å². The van der Waals surface area contributed by atoms with Crippen molar-refractivity contribution in [1.82, 2.24) is 10.6 Å². The first-order valence-electron chi connectivity index (χ1n) is 10.2. The Hall–Kier alpha value is -2.89. The van der Waals surface area contributed by atoms with Crippen molar-refractivity contribution in [3.63, 3.8) is 0 Å². The minimum absolute atomic E-state index is 0.135. The molecule has 0 aliphatic carbocycles. The Morgan fingerprint density at radius 1 is 1.10 bits per heavy atom. The van der Waals surface area contributed by atoms with Gasteiger partial charge in [-0.05, 0) is 43.5 Å². The third-order valence-electron chi connectivity index (χ3n) is 5.35. The average molecular weight is 397 g/mol. The highest BCUT2D eigenvalue weighted by atomic mass is 16.5. The average Bonchev–Trinajstić information content (AvgIpc) is 3.31. The molecule has 1 aliphatic rings. The molecule has 0 radical (unpaired) electrons. The lowest BCUT2D eigenvalue weighted by atomic mass is 10.1. The van der Waals surface area contributed by atoms with Crippen LogP contribution in [0.25, 0.3) is 0 Å². The van der Waals surface area contributed by atoms with Crippen molar-refractivity contribution in [1.29, 1.82) is 0 Å². The van der Waals surface area contributed by atoms with Crippen LogP contribution < -0.4 is 25.0 Å². The van der Waals surface area contributed by atoms with Crippen LogP contribution in [0.2, 0.25) is 0 Å². The van der Waals surface area contributed by atoms with E-state index < -0.39 is 0 Å². The highest BCUT2D eigenvalue weighted by Gasteiger charge is 2.15. The third-order valence-corrected chi connectivity index (χ3v) is 5.35. The first-order chi connectivity index (χ1) is 14.2. The lowest BCUT2D eigenvalue weighted by Crippen LogP contribution is -2.38. The van der Waals surface area contributed by atoms with E-state index in [1.54, 1.807) is 21.3 Å². The van der Waals surface area contributed by atoms with Gasteiger partial charge in [0, 0.05) is 37.9 Å². The molecular weight excluding hydrogens is 364 g/mol. The number of nitrogens with zero attached hydrogens (tertiary/aromatic N) is 2. The van der Waals surface area contributed by atoms with Crippen molar-refractivity contribution in [2.24, 2.45) is 4.99 Å². The van der Waals surface area contributed by atoms with Gasteiger partial charge in [0.15, 0.2) is 17.5 Å². The molecular formula is C23H32N4O2. The maximum Gasteiger partial charge on any atom is 0.191 e. The summed E-state index contributed by atoms with van der Waals surface area (Å²) in [5.41, 5.74) is 3.56. The van der Waals surface area contributed by atoms with Crippen molar-refractivity contribution in [2.45, 2.75) is 32.4 Å². The maximum atomic E-state index is 5.52. The fourth-order valence-electron chi connectivity index (χ4n) is 3.72. The molecule has 1 atom stereocenters. The second-order valence-corrected chi connectivity index (χ2v) is 7.23. The minimum atomic E-state index is 0.135. The number of anilines is 1. The van der Waals surface area contributed by atoms with Gasteiger partial charge >= 0.3 is 0 Å². The summed E-state index contributed by atoms with van der Waals surface area (Å²) in [6.07, 6.45) is 2.56. The van der Waals surface area contributed by atoms with Crippen LogP contribution in [0.15, 0.2) is 47.5 Å². The van der Waals surface area contributed by atoms with E-state index >= 15 is 0 Å². The van der Waals surface area contributed by atoms with Gasteiger partial charge in [0.1, 0.15) is 0 Å². The summed E-state index contributed by atoms with van der Waals surface area (Å²) in [7, 11) is 5.09. The summed E-state index contributed by atoms with van der Waals surface area (Å²) >= 11 is 0. The van der Waals surface area contributed by atoms with Gasteiger partial charge in [-0.2, -0.15) is 0 Å². The molecule has 3 rings (SSSR count). The molecule has 0 spiro atoms. The van der Waals surface area contributed by atoms with Gasteiger partial charge in [0.05, 0.1) is 20.3 Å². The van der Waals surface area contributed by atoms with E-state index in [4.69, 9.17) is 9.47 Å². The van der Waals surface area contributed by atoms with Gasteiger partial charge in [-0.3, -0.25) is 4.99 Å². The molecule has 1 fully saturated rings. The number of nitrogens with one attached hydrogen (secondary N) is 2. The van der Waals surface area contributed by atoms with E-state index in [1.165, 1.54) is 24.1 Å². The summed E-state index contributed by atoms with van der Waals surface area (Å²) < 4.78 is 10.9. The van der Waals surface area contributed by atoms with Crippen molar-refractivity contribution < 1.29 is 9.47 Å². The van der Waals surface area contributed by atoms with Crippen LogP contribution in [0.5, 0.6) is 11.5 Å². The van der Waals surface area contributed by atoms with Crippen molar-refractivity contribution >= 4 is 11.6 Å². The first kappa shape index (κ1) is 20.8. The molecule has 6 nitrogen and oxygen atoms in total. The van der Waals surface area contributed by atoms with Gasteiger partial charge in [0.25, 0.3) is 0 Å². The van der Waals surface area contributed by atoms with Gasteiger partial charge in [0.2, 0.25) is 0 Å². The standard InChI is InChI=1S/C23H32N4O2/c1-17(18-9-7-11-20(15-18)27-13-5-6-14-27)26-23(24-2)25-16-19-10-8-12-21(28-3)22(19)29-4/h7-12,15,17H,5-6,13-14,16H2,1-4H3,(H2,24,25,26). The quantitative estimate of drug-likeness (QED) is 0.552. The number of hydrogen-bond donors (Lipinski definition) is 2. The van der Waals surface area contributed by atoms with E-state index in [1.807, 2.05) is 18.2 Å². The predicted octanol–water partition coefficient (Wildman–Crippen LogP) is 3.73. The molecule has 0 amide bonds. The van der Waals surface area contributed by atoms with E-state index in [0.29, 0.717) is 6.54 Å². The summed E-state index contributed by atoms with van der Waals surface area (Å²) in [4.78, 5) is 6.84. The van der Waals surface area contributed by atoms with E-state index in [9.17, 15) is 0 Å². The van der Waals surface area contributed by atoms with Gasteiger partial charge in [-0.15, -0.1) is 0 Å². The third kappa shape index (κ3) is 5.13. The molecule has 1 saturated heterocycles. The number of ether oxygens (including phenoxy) is 2. The highest BCUT2D eigenvalue weighted by molar-refractivity contribution is 5.80. The molecule has 1 heterocycles. The monoisotopic (exact) mass is 396 g/mol. The molecule has 1 aliphatic heterocycles. The van der Waals surface area contributed by atoms with Gasteiger partial charge < -0.3 is 25.0 Å². The zero-order chi connectivity index (χ0) is 20.6. The second kappa shape index (κ2) is 10.0. The summed E-state index contributed by atoms with van der Waals surface area (Å²) in [6.45, 7) is 5.04. The zero-order valence-corrected chi connectivity index (χ0v) is 17.9. The normalized spacial score (nSPS) is 15.2. The first-order valence-corrected chi connectivity index (χ1v) is 10.2. The fourth-order valence-corrected chi connectivity index (χ4v) is 3.72. The summed E-state index contributed by atoms with van der Waals surface area (Å²) in [6, 6.07) is 14.8. The molecule has 2 N–H and O–H groups in total. The zero-order valence-electron chi connectivity index (χ0n) is 17.9. The number of guanidine groups is 1. The smallest absolute Gasteiger partial charge is 0.191 e. The molecule has 156 valence electrons. The van der Waals surface area contributed by atoms with Crippen LogP contribution >= 0.6 is 0 Å². The number of methoxy groups -OCH3 is 2.